The molecular weight excluding hydrogens is 577 g/mol. The second-order valence-electron chi connectivity index (χ2n) is 13.3. The summed E-state index contributed by atoms with van der Waals surface area (Å²) in [5.74, 6) is 2.18. The summed E-state index contributed by atoms with van der Waals surface area (Å²) in [4.78, 5) is 0.543. The fourth-order valence-electron chi connectivity index (χ4n) is 5.83. The van der Waals surface area contributed by atoms with E-state index < -0.39 is 9.84 Å². The van der Waals surface area contributed by atoms with Crippen LogP contribution in [0.25, 0.3) is 0 Å². The maximum Gasteiger partial charge on any atom is 0.206 e. The van der Waals surface area contributed by atoms with Crippen LogP contribution in [0.2, 0.25) is 0 Å². The van der Waals surface area contributed by atoms with Gasteiger partial charge in [-0.2, -0.15) is 0 Å². The van der Waals surface area contributed by atoms with Crippen molar-refractivity contribution in [1.29, 1.82) is 0 Å². The van der Waals surface area contributed by atoms with Gasteiger partial charge in [-0.25, -0.2) is 8.42 Å². The normalized spacial score (nSPS) is 12.6. The van der Waals surface area contributed by atoms with Gasteiger partial charge in [0.05, 0.1) is 9.79 Å². The molecule has 0 aliphatic carbocycles. The Morgan fingerprint density at radius 1 is 0.578 bits per heavy atom. The van der Waals surface area contributed by atoms with E-state index in [1.165, 1.54) is 11.1 Å². The van der Waals surface area contributed by atoms with Gasteiger partial charge in [0.2, 0.25) is 9.84 Å². The van der Waals surface area contributed by atoms with Gasteiger partial charge < -0.3 is 9.47 Å². The molecule has 4 aromatic carbocycles. The van der Waals surface area contributed by atoms with Gasteiger partial charge in [-0.3, -0.25) is 0 Å². The van der Waals surface area contributed by atoms with E-state index in [2.05, 4.69) is 92.6 Å². The average Bonchev–Trinajstić information content (AvgIpc) is 3.04. The smallest absolute Gasteiger partial charge is 0.206 e. The number of benzene rings is 4. The fourth-order valence-corrected chi connectivity index (χ4v) is 7.09. The first-order valence-corrected chi connectivity index (χ1v) is 17.7. The Balaban J connectivity index is 1.47. The van der Waals surface area contributed by atoms with Crippen molar-refractivity contribution < 1.29 is 17.9 Å². The van der Waals surface area contributed by atoms with Crippen molar-refractivity contribution in [2.24, 2.45) is 0 Å². The van der Waals surface area contributed by atoms with Crippen LogP contribution < -0.4 is 9.47 Å². The number of rotatable bonds is 13. The van der Waals surface area contributed by atoms with Crippen LogP contribution in [0.15, 0.2) is 101 Å². The summed E-state index contributed by atoms with van der Waals surface area (Å²) in [6.45, 7) is 19.6. The van der Waals surface area contributed by atoms with Crippen molar-refractivity contribution in [1.82, 2.24) is 0 Å². The lowest BCUT2D eigenvalue weighted by Crippen LogP contribution is -2.30. The van der Waals surface area contributed by atoms with Gasteiger partial charge in [-0.1, -0.05) is 78.8 Å². The molecule has 0 spiro atoms. The van der Waals surface area contributed by atoms with Crippen molar-refractivity contribution in [3.8, 4) is 17.2 Å². The molecule has 45 heavy (non-hydrogen) atoms. The standard InChI is InChI=1S/C40H50O4S/c1-10-39(8,11-2)31-16-23-35(24-17-31)45(41,42)36-25-20-32(21-26-36)43-34-22-27-37(29(5)28-34)38(6,7)30-14-18-33(19-15-30)44-40(9,12-3)13-4/h14-28H,10-13H2,1-9H3. The maximum atomic E-state index is 13.4. The van der Waals surface area contributed by atoms with E-state index in [0.29, 0.717) is 16.4 Å². The lowest BCUT2D eigenvalue weighted by molar-refractivity contribution is 0.0802. The third kappa shape index (κ3) is 7.30. The van der Waals surface area contributed by atoms with Gasteiger partial charge in [0.15, 0.2) is 0 Å². The molecule has 4 aromatic rings. The van der Waals surface area contributed by atoms with Crippen molar-refractivity contribution in [2.75, 3.05) is 0 Å². The lowest BCUT2D eigenvalue weighted by Gasteiger charge is -2.30. The van der Waals surface area contributed by atoms with E-state index >= 15 is 0 Å². The Kier molecular flexibility index (Phi) is 10.2. The largest absolute Gasteiger partial charge is 0.488 e. The molecule has 0 aromatic heterocycles. The molecule has 0 saturated heterocycles. The molecule has 5 heteroatoms. The van der Waals surface area contributed by atoms with E-state index in [4.69, 9.17) is 9.47 Å². The van der Waals surface area contributed by atoms with Crippen LogP contribution in [0.3, 0.4) is 0 Å². The summed E-state index contributed by atoms with van der Waals surface area (Å²) in [6.07, 6.45) is 3.91. The molecule has 0 aliphatic heterocycles. The summed E-state index contributed by atoms with van der Waals surface area (Å²) in [6, 6.07) is 28.6. The molecule has 0 heterocycles. The monoisotopic (exact) mass is 626 g/mol. The SMILES string of the molecule is CCC(C)(CC)Oc1ccc(C(C)(C)c2ccc(Oc3ccc(S(=O)(=O)c4ccc(C(C)(CC)CC)cc4)cc3)cc2C)cc1. The van der Waals surface area contributed by atoms with E-state index in [0.717, 1.165) is 42.6 Å². The van der Waals surface area contributed by atoms with E-state index in [1.54, 1.807) is 36.4 Å². The molecule has 0 amide bonds. The van der Waals surface area contributed by atoms with Gasteiger partial charge in [-0.15, -0.1) is 0 Å². The second-order valence-corrected chi connectivity index (χ2v) is 15.2. The summed E-state index contributed by atoms with van der Waals surface area (Å²) in [7, 11) is -3.64. The molecule has 0 radical (unpaired) electrons. The highest BCUT2D eigenvalue weighted by Gasteiger charge is 2.27. The predicted octanol–water partition coefficient (Wildman–Crippen LogP) is 11.0. The molecule has 0 fully saturated rings. The minimum atomic E-state index is -3.64. The number of hydrogen-bond donors (Lipinski definition) is 0. The Morgan fingerprint density at radius 3 is 1.53 bits per heavy atom. The first-order valence-electron chi connectivity index (χ1n) is 16.3. The van der Waals surface area contributed by atoms with Gasteiger partial charge in [0.25, 0.3) is 0 Å². The minimum absolute atomic E-state index is 0.0415. The summed E-state index contributed by atoms with van der Waals surface area (Å²) >= 11 is 0. The highest BCUT2D eigenvalue weighted by Crippen LogP contribution is 2.37. The highest BCUT2D eigenvalue weighted by atomic mass is 32.2. The van der Waals surface area contributed by atoms with Gasteiger partial charge >= 0.3 is 0 Å². The number of ether oxygens (including phenoxy) is 2. The number of hydrogen-bond acceptors (Lipinski definition) is 4. The van der Waals surface area contributed by atoms with E-state index in [-0.39, 0.29) is 21.3 Å². The molecule has 0 bridgehead atoms. The zero-order valence-corrected chi connectivity index (χ0v) is 29.3. The first kappa shape index (κ1) is 34.3. The van der Waals surface area contributed by atoms with Gasteiger partial charge in [-0.05, 0) is 128 Å². The van der Waals surface area contributed by atoms with Crippen LogP contribution in [-0.4, -0.2) is 14.0 Å². The van der Waals surface area contributed by atoms with Crippen LogP contribution in [0.1, 0.15) is 103 Å². The Hall–Kier alpha value is -3.57. The Morgan fingerprint density at radius 2 is 1.04 bits per heavy atom. The molecular formula is C40H50O4S. The minimum Gasteiger partial charge on any atom is -0.488 e. The van der Waals surface area contributed by atoms with E-state index in [1.807, 2.05) is 24.3 Å². The topological polar surface area (TPSA) is 52.6 Å². The Bertz CT molecular complexity index is 1680. The second kappa shape index (κ2) is 13.4. The molecule has 240 valence electrons. The lowest BCUT2D eigenvalue weighted by atomic mass is 9.76. The summed E-state index contributed by atoms with van der Waals surface area (Å²) in [5, 5.41) is 0. The molecule has 0 saturated carbocycles. The van der Waals surface area contributed by atoms with E-state index in [9.17, 15) is 8.42 Å². The molecule has 0 unspecified atom stereocenters. The van der Waals surface area contributed by atoms with Crippen LogP contribution in [-0.2, 0) is 20.7 Å². The quantitative estimate of drug-likeness (QED) is 0.148. The van der Waals surface area contributed by atoms with Crippen molar-refractivity contribution in [2.45, 2.75) is 114 Å². The van der Waals surface area contributed by atoms with Gasteiger partial charge in [0.1, 0.15) is 22.8 Å². The third-order valence-electron chi connectivity index (χ3n) is 10.1. The first-order chi connectivity index (χ1) is 21.2. The van der Waals surface area contributed by atoms with Gasteiger partial charge in [0, 0.05) is 5.41 Å². The number of sulfone groups is 1. The fraction of sp³-hybridized carbons (Fsp3) is 0.400. The third-order valence-corrected chi connectivity index (χ3v) is 11.9. The molecule has 0 atom stereocenters. The van der Waals surface area contributed by atoms with Crippen LogP contribution in [0, 0.1) is 6.92 Å². The predicted molar refractivity (Wildman–Crippen MR) is 186 cm³/mol. The molecule has 4 rings (SSSR count). The van der Waals surface area contributed by atoms with Crippen LogP contribution >= 0.6 is 0 Å². The number of aryl methyl sites for hydroxylation is 1. The molecule has 0 N–H and O–H groups in total. The van der Waals surface area contributed by atoms with Crippen molar-refractivity contribution in [3.63, 3.8) is 0 Å². The Labute approximate surface area is 271 Å². The maximum absolute atomic E-state index is 13.4. The zero-order chi connectivity index (χ0) is 33.0. The molecule has 4 nitrogen and oxygen atoms in total. The van der Waals surface area contributed by atoms with Crippen molar-refractivity contribution >= 4 is 9.84 Å². The summed E-state index contributed by atoms with van der Waals surface area (Å²) in [5.41, 5.74) is 4.36. The van der Waals surface area contributed by atoms with Crippen LogP contribution in [0.5, 0.6) is 17.2 Å². The zero-order valence-electron chi connectivity index (χ0n) is 28.5. The average molecular weight is 627 g/mol. The van der Waals surface area contributed by atoms with Crippen LogP contribution in [0.4, 0.5) is 0 Å². The highest BCUT2D eigenvalue weighted by molar-refractivity contribution is 7.91. The summed E-state index contributed by atoms with van der Waals surface area (Å²) < 4.78 is 39.2. The molecule has 0 aliphatic rings. The van der Waals surface area contributed by atoms with Crippen molar-refractivity contribution in [3.05, 3.63) is 113 Å².